The predicted octanol–water partition coefficient (Wildman–Crippen LogP) is 3.72. The first-order chi connectivity index (χ1) is 13.7. The molecule has 0 aliphatic rings. The topological polar surface area (TPSA) is 78.3 Å². The Bertz CT molecular complexity index is 765. The standard InChI is InChI=1S/C21H31FN4O3/c1-6-28-19(29-7-2)14-26-13-18(24-25-26)20(27)23-17(12-21(3,4)5)15-8-10-16(22)11-9-15/h8-11,13,17,19H,6-7,12,14H2,1-5H3,(H,23,27). The fraction of sp³-hybridized carbons (Fsp3) is 0.571. The molecule has 0 radical (unpaired) electrons. The highest BCUT2D eigenvalue weighted by molar-refractivity contribution is 5.92. The van der Waals surface area contributed by atoms with Gasteiger partial charge < -0.3 is 14.8 Å². The first kappa shape index (κ1) is 23.0. The third kappa shape index (κ3) is 7.55. The van der Waals surface area contributed by atoms with E-state index in [1.54, 1.807) is 18.3 Å². The lowest BCUT2D eigenvalue weighted by atomic mass is 9.85. The highest BCUT2D eigenvalue weighted by Crippen LogP contribution is 2.29. The second kappa shape index (κ2) is 10.5. The summed E-state index contributed by atoms with van der Waals surface area (Å²) in [6.45, 7) is 11.4. The molecule has 160 valence electrons. The Morgan fingerprint density at radius 3 is 2.34 bits per heavy atom. The molecule has 0 aliphatic heterocycles. The van der Waals surface area contributed by atoms with Crippen LogP contribution in [-0.4, -0.2) is 40.4 Å². The molecule has 7 nitrogen and oxygen atoms in total. The molecule has 0 aliphatic carbocycles. The number of benzene rings is 1. The largest absolute Gasteiger partial charge is 0.351 e. The molecule has 0 bridgehead atoms. The molecule has 2 aromatic rings. The van der Waals surface area contributed by atoms with Crippen LogP contribution in [0.25, 0.3) is 0 Å². The summed E-state index contributed by atoms with van der Waals surface area (Å²) >= 11 is 0. The molecule has 1 aromatic heterocycles. The first-order valence-corrected chi connectivity index (χ1v) is 9.91. The van der Waals surface area contributed by atoms with Gasteiger partial charge in [-0.2, -0.15) is 0 Å². The molecule has 1 amide bonds. The number of aromatic nitrogens is 3. The van der Waals surface area contributed by atoms with E-state index in [0.717, 1.165) is 5.56 Å². The minimum Gasteiger partial charge on any atom is -0.351 e. The van der Waals surface area contributed by atoms with Gasteiger partial charge >= 0.3 is 0 Å². The van der Waals surface area contributed by atoms with Crippen LogP contribution >= 0.6 is 0 Å². The van der Waals surface area contributed by atoms with Crippen LogP contribution in [0.2, 0.25) is 0 Å². The predicted molar refractivity (Wildman–Crippen MR) is 108 cm³/mol. The van der Waals surface area contributed by atoms with Crippen LogP contribution in [0.3, 0.4) is 0 Å². The van der Waals surface area contributed by atoms with Crippen LogP contribution < -0.4 is 5.32 Å². The Balaban J connectivity index is 2.11. The maximum Gasteiger partial charge on any atom is 0.273 e. The number of nitrogens with zero attached hydrogens (tertiary/aromatic N) is 3. The Hall–Kier alpha value is -2.32. The second-order valence-corrected chi connectivity index (χ2v) is 8.01. The fourth-order valence-electron chi connectivity index (χ4n) is 2.96. The number of hydrogen-bond donors (Lipinski definition) is 1. The maximum atomic E-state index is 13.3. The molecule has 1 N–H and O–H groups in total. The van der Waals surface area contributed by atoms with E-state index in [2.05, 4.69) is 36.4 Å². The average Bonchev–Trinajstić information content (AvgIpc) is 3.10. The summed E-state index contributed by atoms with van der Waals surface area (Å²) in [6.07, 6.45) is 1.81. The molecular weight excluding hydrogens is 375 g/mol. The molecule has 1 atom stereocenters. The maximum absolute atomic E-state index is 13.3. The van der Waals surface area contributed by atoms with Gasteiger partial charge in [-0.05, 0) is 43.4 Å². The van der Waals surface area contributed by atoms with Gasteiger partial charge in [0.25, 0.3) is 5.91 Å². The quantitative estimate of drug-likeness (QED) is 0.609. The van der Waals surface area contributed by atoms with Crippen LogP contribution in [0.5, 0.6) is 0 Å². The molecule has 1 aromatic carbocycles. The van der Waals surface area contributed by atoms with E-state index in [1.165, 1.54) is 16.8 Å². The van der Waals surface area contributed by atoms with Crippen molar-refractivity contribution in [2.75, 3.05) is 13.2 Å². The van der Waals surface area contributed by atoms with Crippen molar-refractivity contribution < 1.29 is 18.7 Å². The Morgan fingerprint density at radius 1 is 1.17 bits per heavy atom. The van der Waals surface area contributed by atoms with E-state index in [0.29, 0.717) is 26.2 Å². The van der Waals surface area contributed by atoms with Crippen molar-refractivity contribution in [1.29, 1.82) is 0 Å². The van der Waals surface area contributed by atoms with Crippen LogP contribution in [-0.2, 0) is 16.0 Å². The van der Waals surface area contributed by atoms with Crippen molar-refractivity contribution in [3.05, 3.63) is 47.5 Å². The Labute approximate surface area is 171 Å². The zero-order valence-electron chi connectivity index (χ0n) is 17.8. The molecule has 8 heteroatoms. The zero-order valence-corrected chi connectivity index (χ0v) is 17.8. The minimum absolute atomic E-state index is 0.0356. The molecule has 2 rings (SSSR count). The van der Waals surface area contributed by atoms with Gasteiger partial charge in [-0.3, -0.25) is 4.79 Å². The third-order valence-electron chi connectivity index (χ3n) is 4.21. The number of rotatable bonds is 10. The fourth-order valence-corrected chi connectivity index (χ4v) is 2.96. The van der Waals surface area contributed by atoms with Gasteiger partial charge in [-0.15, -0.1) is 5.10 Å². The highest BCUT2D eigenvalue weighted by Gasteiger charge is 2.24. The van der Waals surface area contributed by atoms with E-state index >= 15 is 0 Å². The van der Waals surface area contributed by atoms with Crippen molar-refractivity contribution in [3.63, 3.8) is 0 Å². The first-order valence-electron chi connectivity index (χ1n) is 9.91. The van der Waals surface area contributed by atoms with Crippen LogP contribution in [0.15, 0.2) is 30.5 Å². The summed E-state index contributed by atoms with van der Waals surface area (Å²) in [5, 5.41) is 11.0. The molecular formula is C21H31FN4O3. The number of carbonyl (C=O) groups is 1. The average molecular weight is 407 g/mol. The molecule has 0 fully saturated rings. The van der Waals surface area contributed by atoms with Crippen molar-refractivity contribution in [2.24, 2.45) is 5.41 Å². The Kier molecular flexibility index (Phi) is 8.28. The normalized spacial score (nSPS) is 12.9. The van der Waals surface area contributed by atoms with Gasteiger partial charge in [-0.1, -0.05) is 38.1 Å². The number of ether oxygens (including phenoxy) is 2. The van der Waals surface area contributed by atoms with Crippen LogP contribution in [0, 0.1) is 11.2 Å². The molecule has 0 saturated carbocycles. The van der Waals surface area contributed by atoms with Gasteiger partial charge in [0.05, 0.1) is 18.8 Å². The van der Waals surface area contributed by atoms with Crippen molar-refractivity contribution in [3.8, 4) is 0 Å². The number of carbonyl (C=O) groups excluding carboxylic acids is 1. The summed E-state index contributed by atoms with van der Waals surface area (Å²) in [7, 11) is 0. The number of nitrogens with one attached hydrogen (secondary N) is 1. The molecule has 0 saturated heterocycles. The van der Waals surface area contributed by atoms with E-state index in [1.807, 2.05) is 13.8 Å². The second-order valence-electron chi connectivity index (χ2n) is 8.01. The zero-order chi connectivity index (χ0) is 21.4. The third-order valence-corrected chi connectivity index (χ3v) is 4.21. The molecule has 1 unspecified atom stereocenters. The van der Waals surface area contributed by atoms with Crippen molar-refractivity contribution >= 4 is 5.91 Å². The monoisotopic (exact) mass is 406 g/mol. The van der Waals surface area contributed by atoms with Crippen molar-refractivity contribution in [2.45, 2.75) is 59.9 Å². The summed E-state index contributed by atoms with van der Waals surface area (Å²) in [5.41, 5.74) is 1.01. The van der Waals surface area contributed by atoms with E-state index < -0.39 is 6.29 Å². The van der Waals surface area contributed by atoms with Gasteiger partial charge in [0.15, 0.2) is 12.0 Å². The van der Waals surface area contributed by atoms with E-state index in [9.17, 15) is 9.18 Å². The summed E-state index contributed by atoms with van der Waals surface area (Å²) in [5.74, 6) is -0.644. The van der Waals surface area contributed by atoms with Crippen LogP contribution in [0.1, 0.15) is 63.1 Å². The van der Waals surface area contributed by atoms with Gasteiger partial charge in [0.2, 0.25) is 0 Å². The number of amides is 1. The summed E-state index contributed by atoms with van der Waals surface area (Å²) in [6, 6.07) is 5.91. The molecule has 0 spiro atoms. The molecule has 29 heavy (non-hydrogen) atoms. The number of hydrogen-bond acceptors (Lipinski definition) is 5. The van der Waals surface area contributed by atoms with Crippen LogP contribution in [0.4, 0.5) is 4.39 Å². The van der Waals surface area contributed by atoms with Gasteiger partial charge in [0.1, 0.15) is 5.82 Å². The molecule has 1 heterocycles. The Morgan fingerprint density at radius 2 is 1.79 bits per heavy atom. The lowest BCUT2D eigenvalue weighted by molar-refractivity contribution is -0.145. The smallest absolute Gasteiger partial charge is 0.273 e. The summed E-state index contributed by atoms with van der Waals surface area (Å²) in [4.78, 5) is 12.8. The highest BCUT2D eigenvalue weighted by atomic mass is 19.1. The van der Waals surface area contributed by atoms with Gasteiger partial charge in [0, 0.05) is 13.2 Å². The minimum atomic E-state index is -0.449. The SMILES string of the molecule is CCOC(Cn1cc(C(=O)NC(CC(C)(C)C)c2ccc(F)cc2)nn1)OCC. The van der Waals surface area contributed by atoms with E-state index in [4.69, 9.17) is 9.47 Å². The number of halogens is 1. The van der Waals surface area contributed by atoms with E-state index in [-0.39, 0.29) is 28.9 Å². The lowest BCUT2D eigenvalue weighted by Gasteiger charge is -2.27. The summed E-state index contributed by atoms with van der Waals surface area (Å²) < 4.78 is 25.8. The van der Waals surface area contributed by atoms with Crippen molar-refractivity contribution in [1.82, 2.24) is 20.3 Å². The van der Waals surface area contributed by atoms with Gasteiger partial charge in [-0.25, -0.2) is 9.07 Å². The lowest BCUT2D eigenvalue weighted by Crippen LogP contribution is -2.31.